The van der Waals surface area contributed by atoms with Crippen LogP contribution in [0.15, 0.2) is 30.3 Å². The number of hydrogen-bond acceptors (Lipinski definition) is 8. The number of amides is 3. The molecule has 1 fully saturated rings. The van der Waals surface area contributed by atoms with Gasteiger partial charge in [0, 0.05) is 24.2 Å². The molecular formula is C24H29N5O7S2. The maximum atomic E-state index is 12.6. The molecule has 1 aliphatic rings. The molecule has 3 aromatic rings. The number of aromatic nitrogens is 2. The molecule has 14 heteroatoms. The minimum atomic E-state index is -4.13. The largest absolute Gasteiger partial charge is 0.496 e. The first-order valence-electron chi connectivity index (χ1n) is 11.5. The predicted octanol–water partition coefficient (Wildman–Crippen LogP) is 2.71. The Kier molecular flexibility index (Phi) is 6.68. The molecule has 204 valence electrons. The maximum Gasteiger partial charge on any atom is 0.328 e. The van der Waals surface area contributed by atoms with Crippen LogP contribution in [0.1, 0.15) is 32.8 Å². The second kappa shape index (κ2) is 9.27. The van der Waals surface area contributed by atoms with Gasteiger partial charge < -0.3 is 9.72 Å². The first-order chi connectivity index (χ1) is 17.5. The van der Waals surface area contributed by atoms with Crippen LogP contribution in [0.25, 0.3) is 22.4 Å². The Balaban J connectivity index is 1.92. The molecule has 0 atom stereocenters. The SMILES string of the molecule is COc1c(-c2nc3ccc(N(S(C)(=O)=O)S(C)(=O)=O)cc3[nH]2)cc(N2CCC(=O)NC2=O)cc1C(C)(C)C. The van der Waals surface area contributed by atoms with Crippen molar-refractivity contribution in [2.45, 2.75) is 32.6 Å². The van der Waals surface area contributed by atoms with Crippen molar-refractivity contribution in [2.75, 3.05) is 34.8 Å². The lowest BCUT2D eigenvalue weighted by Gasteiger charge is -2.30. The summed E-state index contributed by atoms with van der Waals surface area (Å²) in [6.45, 7) is 6.19. The number of benzene rings is 2. The number of carbonyl (C=O) groups is 2. The van der Waals surface area contributed by atoms with Crippen LogP contribution < -0.4 is 18.7 Å². The fraction of sp³-hybridized carbons (Fsp3) is 0.375. The van der Waals surface area contributed by atoms with E-state index in [4.69, 9.17) is 4.74 Å². The van der Waals surface area contributed by atoms with Crippen molar-refractivity contribution in [3.63, 3.8) is 0 Å². The third-order valence-corrected chi connectivity index (χ3v) is 9.24. The number of carbonyl (C=O) groups excluding carboxylic acids is 2. The van der Waals surface area contributed by atoms with Crippen LogP contribution in [0.2, 0.25) is 0 Å². The summed E-state index contributed by atoms with van der Waals surface area (Å²) in [6, 6.07) is 7.29. The zero-order valence-corrected chi connectivity index (χ0v) is 23.4. The minimum Gasteiger partial charge on any atom is -0.496 e. The number of aromatic amines is 1. The molecule has 2 N–H and O–H groups in total. The Bertz CT molecular complexity index is 1640. The number of urea groups is 1. The number of rotatable bonds is 6. The molecule has 1 aliphatic heterocycles. The quantitative estimate of drug-likeness (QED) is 0.463. The summed E-state index contributed by atoms with van der Waals surface area (Å²) in [7, 11) is -6.73. The number of hydrogen-bond donors (Lipinski definition) is 2. The molecule has 0 spiro atoms. The Morgan fingerprint density at radius 1 is 1.03 bits per heavy atom. The van der Waals surface area contributed by atoms with Gasteiger partial charge in [-0.3, -0.25) is 15.0 Å². The van der Waals surface area contributed by atoms with Crippen molar-refractivity contribution in [1.82, 2.24) is 15.3 Å². The van der Waals surface area contributed by atoms with Crippen molar-refractivity contribution in [3.8, 4) is 17.1 Å². The molecule has 12 nitrogen and oxygen atoms in total. The van der Waals surface area contributed by atoms with Gasteiger partial charge in [0.25, 0.3) is 0 Å². The Hall–Kier alpha value is -3.65. The van der Waals surface area contributed by atoms with E-state index >= 15 is 0 Å². The average molecular weight is 564 g/mol. The fourth-order valence-electron chi connectivity index (χ4n) is 4.40. The van der Waals surface area contributed by atoms with E-state index in [0.717, 1.165) is 18.1 Å². The van der Waals surface area contributed by atoms with Crippen LogP contribution in [0.5, 0.6) is 5.75 Å². The smallest absolute Gasteiger partial charge is 0.328 e. The van der Waals surface area contributed by atoms with E-state index in [0.29, 0.717) is 37.6 Å². The lowest BCUT2D eigenvalue weighted by molar-refractivity contribution is -0.120. The molecular weight excluding hydrogens is 534 g/mol. The molecule has 0 bridgehead atoms. The highest BCUT2D eigenvalue weighted by Crippen LogP contribution is 2.42. The first kappa shape index (κ1) is 27.4. The molecule has 2 aromatic carbocycles. The van der Waals surface area contributed by atoms with E-state index in [9.17, 15) is 26.4 Å². The Morgan fingerprint density at radius 2 is 1.68 bits per heavy atom. The number of fused-ring (bicyclic) bond motifs is 1. The number of ether oxygens (including phenoxy) is 1. The van der Waals surface area contributed by atoms with Crippen molar-refractivity contribution in [2.24, 2.45) is 0 Å². The van der Waals surface area contributed by atoms with Crippen LogP contribution in [-0.2, 0) is 30.3 Å². The number of imidazole rings is 1. The van der Waals surface area contributed by atoms with Gasteiger partial charge >= 0.3 is 6.03 Å². The lowest BCUT2D eigenvalue weighted by atomic mass is 9.84. The summed E-state index contributed by atoms with van der Waals surface area (Å²) in [6.07, 6.45) is 1.78. The van der Waals surface area contributed by atoms with Gasteiger partial charge in [0.1, 0.15) is 11.6 Å². The predicted molar refractivity (Wildman–Crippen MR) is 144 cm³/mol. The molecule has 1 aromatic heterocycles. The van der Waals surface area contributed by atoms with Gasteiger partial charge in [0.15, 0.2) is 0 Å². The Morgan fingerprint density at radius 3 is 2.24 bits per heavy atom. The van der Waals surface area contributed by atoms with E-state index in [1.54, 1.807) is 6.07 Å². The third-order valence-electron chi connectivity index (χ3n) is 5.99. The summed E-state index contributed by atoms with van der Waals surface area (Å²) in [5.74, 6) is 0.532. The normalized spacial score (nSPS) is 15.1. The monoisotopic (exact) mass is 563 g/mol. The molecule has 1 saturated heterocycles. The van der Waals surface area contributed by atoms with E-state index < -0.39 is 31.5 Å². The van der Waals surface area contributed by atoms with Crippen LogP contribution in [0.3, 0.4) is 0 Å². The molecule has 0 saturated carbocycles. The number of H-pyrrole nitrogens is 1. The van der Waals surface area contributed by atoms with Gasteiger partial charge in [-0.1, -0.05) is 20.8 Å². The summed E-state index contributed by atoms with van der Waals surface area (Å²) in [4.78, 5) is 33.5. The van der Waals surface area contributed by atoms with Gasteiger partial charge in [-0.2, -0.15) is 3.71 Å². The van der Waals surface area contributed by atoms with Crippen molar-refractivity contribution < 1.29 is 31.2 Å². The van der Waals surface area contributed by atoms with Crippen molar-refractivity contribution in [3.05, 3.63) is 35.9 Å². The van der Waals surface area contributed by atoms with E-state index in [1.165, 1.54) is 30.2 Å². The fourth-order valence-corrected chi connectivity index (χ4v) is 7.36. The van der Waals surface area contributed by atoms with Crippen LogP contribution in [0, 0.1) is 0 Å². The van der Waals surface area contributed by atoms with Crippen molar-refractivity contribution in [1.29, 1.82) is 0 Å². The standard InChI is InChI=1S/C24H29N5O7S2/c1-24(2,3)17-12-15(28-10-9-20(30)27-23(28)31)11-16(21(17)36-4)22-25-18-8-7-14(13-19(18)26-22)29(37(5,32)33)38(6,34)35/h7-8,11-13H,9-10H2,1-6H3,(H,25,26)(H,27,30,31). The molecule has 3 amide bonds. The number of sulfonamides is 2. The van der Waals surface area contributed by atoms with E-state index in [2.05, 4.69) is 15.3 Å². The van der Waals surface area contributed by atoms with Crippen molar-refractivity contribution >= 4 is 54.4 Å². The zero-order valence-electron chi connectivity index (χ0n) is 21.8. The minimum absolute atomic E-state index is 0.0662. The number of methoxy groups -OCH3 is 1. The van der Waals surface area contributed by atoms with E-state index in [1.807, 2.05) is 26.8 Å². The van der Waals surface area contributed by atoms with Gasteiger partial charge in [-0.05, 0) is 35.7 Å². The number of anilines is 2. The highest BCUT2D eigenvalue weighted by Gasteiger charge is 2.31. The van der Waals surface area contributed by atoms with Gasteiger partial charge in [-0.15, -0.1) is 0 Å². The molecule has 4 rings (SSSR count). The zero-order chi connectivity index (χ0) is 28.2. The maximum absolute atomic E-state index is 12.6. The highest BCUT2D eigenvalue weighted by atomic mass is 32.3. The third kappa shape index (κ3) is 5.18. The number of nitrogens with one attached hydrogen (secondary N) is 2. The topological polar surface area (TPSA) is 159 Å². The van der Waals surface area contributed by atoms with Crippen LogP contribution in [0.4, 0.5) is 16.2 Å². The molecule has 0 unspecified atom stereocenters. The lowest BCUT2D eigenvalue weighted by Crippen LogP contribution is -2.49. The van der Waals surface area contributed by atoms with Gasteiger partial charge in [0.2, 0.25) is 26.0 Å². The highest BCUT2D eigenvalue weighted by molar-refractivity contribution is 8.09. The Labute approximate surface area is 221 Å². The average Bonchev–Trinajstić information content (AvgIpc) is 3.19. The second-order valence-electron chi connectivity index (χ2n) is 10.1. The first-order valence-corrected chi connectivity index (χ1v) is 15.2. The van der Waals surface area contributed by atoms with Gasteiger partial charge in [-0.25, -0.2) is 26.6 Å². The summed E-state index contributed by atoms with van der Waals surface area (Å²) >= 11 is 0. The van der Waals surface area contributed by atoms with E-state index in [-0.39, 0.29) is 24.6 Å². The van der Waals surface area contributed by atoms with Crippen LogP contribution >= 0.6 is 0 Å². The second-order valence-corrected chi connectivity index (χ2v) is 14.0. The molecule has 0 aliphatic carbocycles. The molecule has 0 radical (unpaired) electrons. The van der Waals surface area contributed by atoms with Gasteiger partial charge in [0.05, 0.1) is 41.9 Å². The number of imide groups is 1. The molecule has 38 heavy (non-hydrogen) atoms. The van der Waals surface area contributed by atoms with Crippen LogP contribution in [-0.4, -0.2) is 64.9 Å². The summed E-state index contributed by atoms with van der Waals surface area (Å²) in [5, 5.41) is 2.33. The summed E-state index contributed by atoms with van der Waals surface area (Å²) < 4.78 is 55.1. The summed E-state index contributed by atoms with van der Waals surface area (Å²) in [5.41, 5.74) is 2.24. The number of nitrogens with zero attached hydrogens (tertiary/aromatic N) is 3. The molecule has 2 heterocycles.